The van der Waals surface area contributed by atoms with Gasteiger partial charge in [0.2, 0.25) is 0 Å². The smallest absolute Gasteiger partial charge is 0.155 e. The van der Waals surface area contributed by atoms with Crippen LogP contribution < -0.4 is 0 Å². The molecular weight excluding hydrogens is 128 g/mol. The van der Waals surface area contributed by atoms with Gasteiger partial charge in [0.15, 0.2) is 6.29 Å². The number of carbonyl (C=O) groups excluding carboxylic acids is 1. The van der Waals surface area contributed by atoms with E-state index in [0.717, 1.165) is 5.57 Å². The topological polar surface area (TPSA) is 37.3 Å². The van der Waals surface area contributed by atoms with E-state index in [1.165, 1.54) is 0 Å². The summed E-state index contributed by atoms with van der Waals surface area (Å²) in [6.45, 7) is 1.85. The second-order valence-corrected chi connectivity index (χ2v) is 2.60. The van der Waals surface area contributed by atoms with Crippen molar-refractivity contribution in [2.24, 2.45) is 0 Å². The molecule has 0 aromatic heterocycles. The molecule has 0 amide bonds. The van der Waals surface area contributed by atoms with Crippen molar-refractivity contribution in [1.82, 2.24) is 0 Å². The normalized spacial score (nSPS) is 31.6. The first-order chi connectivity index (χ1) is 4.66. The molecule has 0 saturated carbocycles. The summed E-state index contributed by atoms with van der Waals surface area (Å²) in [5.41, 5.74) is -0.306. The molecule has 2 nitrogen and oxygen atoms in total. The number of rotatable bonds is 1. The summed E-state index contributed by atoms with van der Waals surface area (Å²) in [5, 5.41) is 9.35. The Bertz CT molecular complexity index is 203. The van der Waals surface area contributed by atoms with E-state index < -0.39 is 5.60 Å². The zero-order chi connectivity index (χ0) is 7.61. The van der Waals surface area contributed by atoms with Crippen LogP contribution in [0.1, 0.15) is 13.3 Å². The SMILES string of the molecule is CC1=CC(O)(C=O)CC=C1. The van der Waals surface area contributed by atoms with Crippen molar-refractivity contribution in [1.29, 1.82) is 0 Å². The van der Waals surface area contributed by atoms with Crippen LogP contribution in [-0.2, 0) is 4.79 Å². The Hall–Kier alpha value is -0.890. The van der Waals surface area contributed by atoms with Gasteiger partial charge in [-0.1, -0.05) is 17.7 Å². The minimum absolute atomic E-state index is 0.397. The van der Waals surface area contributed by atoms with Crippen LogP contribution in [-0.4, -0.2) is 17.0 Å². The van der Waals surface area contributed by atoms with E-state index in [9.17, 15) is 9.90 Å². The lowest BCUT2D eigenvalue weighted by atomic mass is 9.94. The number of carbonyl (C=O) groups is 1. The Kier molecular flexibility index (Phi) is 1.72. The first-order valence-electron chi connectivity index (χ1n) is 3.21. The molecule has 0 radical (unpaired) electrons. The molecule has 1 atom stereocenters. The van der Waals surface area contributed by atoms with Gasteiger partial charge in [-0.05, 0) is 13.0 Å². The summed E-state index contributed by atoms with van der Waals surface area (Å²) >= 11 is 0. The summed E-state index contributed by atoms with van der Waals surface area (Å²) in [7, 11) is 0. The van der Waals surface area contributed by atoms with Crippen molar-refractivity contribution >= 4 is 6.29 Å². The molecule has 0 saturated heterocycles. The Morgan fingerprint density at radius 3 is 2.90 bits per heavy atom. The molecule has 0 aromatic rings. The van der Waals surface area contributed by atoms with Crippen molar-refractivity contribution in [3.8, 4) is 0 Å². The van der Waals surface area contributed by atoms with Gasteiger partial charge in [-0.3, -0.25) is 4.79 Å². The summed E-state index contributed by atoms with van der Waals surface area (Å²) in [6.07, 6.45) is 6.22. The Morgan fingerprint density at radius 1 is 1.80 bits per heavy atom. The van der Waals surface area contributed by atoms with E-state index >= 15 is 0 Å². The van der Waals surface area contributed by atoms with Gasteiger partial charge in [0.05, 0.1) is 0 Å². The maximum atomic E-state index is 10.3. The van der Waals surface area contributed by atoms with Gasteiger partial charge in [0.1, 0.15) is 5.60 Å². The average molecular weight is 138 g/mol. The van der Waals surface area contributed by atoms with Crippen molar-refractivity contribution in [3.05, 3.63) is 23.8 Å². The summed E-state index contributed by atoms with van der Waals surface area (Å²) in [5.74, 6) is 0. The lowest BCUT2D eigenvalue weighted by Crippen LogP contribution is -2.28. The van der Waals surface area contributed by atoms with Gasteiger partial charge in [0.25, 0.3) is 0 Å². The monoisotopic (exact) mass is 138 g/mol. The average Bonchev–Trinajstić information content (AvgIpc) is 1.88. The third kappa shape index (κ3) is 1.33. The van der Waals surface area contributed by atoms with Gasteiger partial charge in [-0.25, -0.2) is 0 Å². The highest BCUT2D eigenvalue weighted by atomic mass is 16.3. The second kappa shape index (κ2) is 2.39. The fourth-order valence-electron chi connectivity index (χ4n) is 1.02. The highest BCUT2D eigenvalue weighted by molar-refractivity contribution is 5.67. The van der Waals surface area contributed by atoms with Gasteiger partial charge in [0, 0.05) is 6.42 Å². The fraction of sp³-hybridized carbons (Fsp3) is 0.375. The number of aldehydes is 1. The van der Waals surface area contributed by atoms with Gasteiger partial charge < -0.3 is 5.11 Å². The molecule has 54 valence electrons. The molecule has 0 aromatic carbocycles. The van der Waals surface area contributed by atoms with Crippen LogP contribution in [0.4, 0.5) is 0 Å². The Morgan fingerprint density at radius 2 is 2.50 bits per heavy atom. The van der Waals surface area contributed by atoms with Gasteiger partial charge in [-0.15, -0.1) is 0 Å². The van der Waals surface area contributed by atoms with Crippen molar-refractivity contribution in [3.63, 3.8) is 0 Å². The largest absolute Gasteiger partial charge is 0.378 e. The van der Waals surface area contributed by atoms with Gasteiger partial charge in [-0.2, -0.15) is 0 Å². The predicted molar refractivity (Wildman–Crippen MR) is 38.5 cm³/mol. The molecule has 0 bridgehead atoms. The Labute approximate surface area is 59.9 Å². The highest BCUT2D eigenvalue weighted by Crippen LogP contribution is 2.18. The molecule has 1 rings (SSSR count). The molecule has 0 fully saturated rings. The molecular formula is C8H10O2. The van der Waals surface area contributed by atoms with Crippen LogP contribution >= 0.6 is 0 Å². The van der Waals surface area contributed by atoms with E-state index in [1.807, 2.05) is 13.0 Å². The van der Waals surface area contributed by atoms with Crippen LogP contribution in [0, 0.1) is 0 Å². The van der Waals surface area contributed by atoms with E-state index in [1.54, 1.807) is 12.2 Å². The summed E-state index contributed by atoms with van der Waals surface area (Å²) in [4.78, 5) is 10.3. The van der Waals surface area contributed by atoms with Crippen LogP contribution in [0.15, 0.2) is 23.8 Å². The van der Waals surface area contributed by atoms with Crippen molar-refractivity contribution in [2.75, 3.05) is 0 Å². The van der Waals surface area contributed by atoms with Crippen LogP contribution in [0.5, 0.6) is 0 Å². The minimum Gasteiger partial charge on any atom is -0.378 e. The number of hydrogen-bond acceptors (Lipinski definition) is 2. The van der Waals surface area contributed by atoms with Gasteiger partial charge >= 0.3 is 0 Å². The van der Waals surface area contributed by atoms with Crippen molar-refractivity contribution < 1.29 is 9.90 Å². The van der Waals surface area contributed by atoms with E-state index in [4.69, 9.17) is 0 Å². The maximum absolute atomic E-state index is 10.3. The molecule has 10 heavy (non-hydrogen) atoms. The molecule has 0 spiro atoms. The van der Waals surface area contributed by atoms with E-state index in [2.05, 4.69) is 0 Å². The first-order valence-corrected chi connectivity index (χ1v) is 3.21. The molecule has 0 aliphatic heterocycles. The summed E-state index contributed by atoms with van der Waals surface area (Å²) < 4.78 is 0. The van der Waals surface area contributed by atoms with Crippen LogP contribution in [0.25, 0.3) is 0 Å². The Balaban J connectivity index is 2.86. The lowest BCUT2D eigenvalue weighted by Gasteiger charge is -2.18. The molecule has 1 aliphatic rings. The zero-order valence-electron chi connectivity index (χ0n) is 5.87. The zero-order valence-corrected chi connectivity index (χ0v) is 5.87. The number of aliphatic hydroxyl groups is 1. The summed E-state index contributed by atoms with van der Waals surface area (Å²) in [6, 6.07) is 0. The fourth-order valence-corrected chi connectivity index (χ4v) is 1.02. The predicted octanol–water partition coefficient (Wildman–Crippen LogP) is 0.823. The highest BCUT2D eigenvalue weighted by Gasteiger charge is 2.23. The third-order valence-corrected chi connectivity index (χ3v) is 1.51. The maximum Gasteiger partial charge on any atom is 0.155 e. The molecule has 0 heterocycles. The molecule has 2 heteroatoms. The standard InChI is InChI=1S/C8H10O2/c1-7-3-2-4-8(10,5-7)6-9/h2-3,5-6,10H,4H2,1H3. The number of hydrogen-bond donors (Lipinski definition) is 1. The molecule has 1 N–H and O–H groups in total. The molecule has 1 unspecified atom stereocenters. The quantitative estimate of drug-likeness (QED) is 0.545. The van der Waals surface area contributed by atoms with E-state index in [-0.39, 0.29) is 0 Å². The second-order valence-electron chi connectivity index (χ2n) is 2.60. The lowest BCUT2D eigenvalue weighted by molar-refractivity contribution is -0.119. The van der Waals surface area contributed by atoms with Crippen LogP contribution in [0.2, 0.25) is 0 Å². The number of allylic oxidation sites excluding steroid dienone is 2. The minimum atomic E-state index is -1.24. The molecule has 1 aliphatic carbocycles. The van der Waals surface area contributed by atoms with Crippen LogP contribution in [0.3, 0.4) is 0 Å². The van der Waals surface area contributed by atoms with E-state index in [0.29, 0.717) is 12.7 Å². The third-order valence-electron chi connectivity index (χ3n) is 1.51. The first kappa shape index (κ1) is 7.22. The van der Waals surface area contributed by atoms with Crippen molar-refractivity contribution in [2.45, 2.75) is 18.9 Å².